The third-order valence-electron chi connectivity index (χ3n) is 2.57. The molecule has 0 spiro atoms. The van der Waals surface area contributed by atoms with Gasteiger partial charge in [-0.3, -0.25) is 4.79 Å². The molecule has 0 bridgehead atoms. The maximum absolute atomic E-state index is 11.1. The first-order valence-corrected chi connectivity index (χ1v) is 4.96. The first-order valence-electron chi connectivity index (χ1n) is 4.96. The van der Waals surface area contributed by atoms with Gasteiger partial charge in [-0.05, 0) is 31.0 Å². The number of carbonyl (C=O) groups excluding carboxylic acids is 1. The van der Waals surface area contributed by atoms with Crippen molar-refractivity contribution in [1.29, 1.82) is 0 Å². The van der Waals surface area contributed by atoms with E-state index in [1.807, 2.05) is 12.1 Å². The van der Waals surface area contributed by atoms with Gasteiger partial charge in [0.15, 0.2) is 11.5 Å². The second-order valence-corrected chi connectivity index (χ2v) is 4.15. The molecule has 1 aliphatic heterocycles. The van der Waals surface area contributed by atoms with Gasteiger partial charge in [-0.2, -0.15) is 0 Å². The summed E-state index contributed by atoms with van der Waals surface area (Å²) >= 11 is 0. The van der Waals surface area contributed by atoms with Gasteiger partial charge in [-0.25, -0.2) is 0 Å². The van der Waals surface area contributed by atoms with Crippen LogP contribution in [0.25, 0.3) is 0 Å². The Bertz CT molecular complexity index is 429. The molecule has 0 saturated carbocycles. The highest BCUT2D eigenvalue weighted by atomic mass is 16.7. The minimum Gasteiger partial charge on any atom is -0.454 e. The number of hydrogen-bond donors (Lipinski definition) is 2. The van der Waals surface area contributed by atoms with Crippen molar-refractivity contribution in [2.75, 3.05) is 6.79 Å². The van der Waals surface area contributed by atoms with Gasteiger partial charge in [-0.15, -0.1) is 0 Å². The predicted molar refractivity (Wildman–Crippen MR) is 58.1 cm³/mol. The van der Waals surface area contributed by atoms with Gasteiger partial charge in [0, 0.05) is 0 Å². The van der Waals surface area contributed by atoms with E-state index in [9.17, 15) is 4.79 Å². The average Bonchev–Trinajstić information content (AvgIpc) is 2.63. The minimum atomic E-state index is -1.05. The van der Waals surface area contributed by atoms with Crippen molar-refractivity contribution in [3.05, 3.63) is 23.8 Å². The van der Waals surface area contributed by atoms with E-state index in [-0.39, 0.29) is 6.79 Å². The Morgan fingerprint density at radius 3 is 2.81 bits per heavy atom. The normalized spacial score (nSPS) is 16.9. The molecule has 5 nitrogen and oxygen atoms in total. The van der Waals surface area contributed by atoms with Crippen LogP contribution in [0.4, 0.5) is 0 Å². The highest BCUT2D eigenvalue weighted by Gasteiger charge is 2.26. The summed E-state index contributed by atoms with van der Waals surface area (Å²) in [6, 6.07) is 5.46. The van der Waals surface area contributed by atoms with Crippen molar-refractivity contribution in [2.45, 2.75) is 18.9 Å². The van der Waals surface area contributed by atoms with Gasteiger partial charge in [0.25, 0.3) is 0 Å². The molecule has 1 aromatic rings. The summed E-state index contributed by atoms with van der Waals surface area (Å²) in [5.41, 5.74) is 10.8. The summed E-state index contributed by atoms with van der Waals surface area (Å²) in [5.74, 6) is 0.865. The number of fused-ring (bicyclic) bond motifs is 1. The number of carbonyl (C=O) groups is 1. The molecule has 1 aromatic carbocycles. The molecule has 4 N–H and O–H groups in total. The quantitative estimate of drug-likeness (QED) is 0.762. The van der Waals surface area contributed by atoms with Gasteiger partial charge in [0.05, 0.1) is 5.54 Å². The Morgan fingerprint density at radius 2 is 2.12 bits per heavy atom. The second kappa shape index (κ2) is 3.68. The first kappa shape index (κ1) is 10.8. The molecule has 1 heterocycles. The van der Waals surface area contributed by atoms with E-state index in [0.29, 0.717) is 17.9 Å². The van der Waals surface area contributed by atoms with E-state index in [4.69, 9.17) is 20.9 Å². The standard InChI is InChI=1S/C11H14N2O3/c1-11(13,10(12)14)5-7-2-3-8-9(4-7)16-6-15-8/h2-4H,5-6,13H2,1H3,(H2,12,14)/t11-/m1/s1. The molecule has 0 aliphatic carbocycles. The molecule has 1 aliphatic rings. The summed E-state index contributed by atoms with van der Waals surface area (Å²) in [6.07, 6.45) is 0.374. The van der Waals surface area contributed by atoms with Crippen LogP contribution < -0.4 is 20.9 Å². The van der Waals surface area contributed by atoms with E-state index in [1.54, 1.807) is 13.0 Å². The fourth-order valence-corrected chi connectivity index (χ4v) is 1.56. The van der Waals surface area contributed by atoms with Crippen LogP contribution in [0.3, 0.4) is 0 Å². The molecule has 1 amide bonds. The molecule has 16 heavy (non-hydrogen) atoms. The molecular formula is C11H14N2O3. The molecule has 1 atom stereocenters. The molecule has 0 aromatic heterocycles. The highest BCUT2D eigenvalue weighted by molar-refractivity contribution is 5.84. The summed E-state index contributed by atoms with van der Waals surface area (Å²) in [7, 11) is 0. The Kier molecular flexibility index (Phi) is 2.47. The van der Waals surface area contributed by atoms with Crippen molar-refractivity contribution in [3.63, 3.8) is 0 Å². The number of primary amides is 1. The van der Waals surface area contributed by atoms with Crippen LogP contribution >= 0.6 is 0 Å². The zero-order chi connectivity index (χ0) is 11.8. The SMILES string of the molecule is C[C@@](N)(Cc1ccc2c(c1)OCO2)C(N)=O. The Balaban J connectivity index is 2.20. The van der Waals surface area contributed by atoms with Crippen LogP contribution in [0, 0.1) is 0 Å². The number of nitrogens with two attached hydrogens (primary N) is 2. The molecule has 86 valence electrons. The highest BCUT2D eigenvalue weighted by Crippen LogP contribution is 2.33. The number of rotatable bonds is 3. The van der Waals surface area contributed by atoms with Crippen LogP contribution in [0.5, 0.6) is 11.5 Å². The Hall–Kier alpha value is -1.75. The fraction of sp³-hybridized carbons (Fsp3) is 0.364. The van der Waals surface area contributed by atoms with Gasteiger partial charge in [-0.1, -0.05) is 6.07 Å². The third kappa shape index (κ3) is 1.94. The van der Waals surface area contributed by atoms with Crippen molar-refractivity contribution in [2.24, 2.45) is 11.5 Å². The van der Waals surface area contributed by atoms with Crippen molar-refractivity contribution in [3.8, 4) is 11.5 Å². The van der Waals surface area contributed by atoms with Crippen LogP contribution in [0.15, 0.2) is 18.2 Å². The molecule has 0 saturated heterocycles. The summed E-state index contributed by atoms with van der Waals surface area (Å²) in [6.45, 7) is 1.84. The molecule has 0 unspecified atom stereocenters. The lowest BCUT2D eigenvalue weighted by atomic mass is 9.93. The van der Waals surface area contributed by atoms with Crippen molar-refractivity contribution < 1.29 is 14.3 Å². The topological polar surface area (TPSA) is 87.6 Å². The van der Waals surface area contributed by atoms with Crippen molar-refractivity contribution in [1.82, 2.24) is 0 Å². The number of benzene rings is 1. The van der Waals surface area contributed by atoms with Gasteiger partial charge in [0.1, 0.15) is 0 Å². The van der Waals surface area contributed by atoms with E-state index >= 15 is 0 Å². The second-order valence-electron chi connectivity index (χ2n) is 4.15. The van der Waals surface area contributed by atoms with Crippen LogP contribution in [0.2, 0.25) is 0 Å². The zero-order valence-electron chi connectivity index (χ0n) is 9.03. The van der Waals surface area contributed by atoms with Gasteiger partial charge < -0.3 is 20.9 Å². The largest absolute Gasteiger partial charge is 0.454 e. The van der Waals surface area contributed by atoms with Gasteiger partial charge in [0.2, 0.25) is 12.7 Å². The molecule has 2 rings (SSSR count). The van der Waals surface area contributed by atoms with E-state index in [1.165, 1.54) is 0 Å². The smallest absolute Gasteiger partial charge is 0.237 e. The van der Waals surface area contributed by atoms with Crippen LogP contribution in [0.1, 0.15) is 12.5 Å². The number of amides is 1. The lowest BCUT2D eigenvalue weighted by Crippen LogP contribution is -2.51. The monoisotopic (exact) mass is 222 g/mol. The Morgan fingerprint density at radius 1 is 1.44 bits per heavy atom. The maximum Gasteiger partial charge on any atom is 0.237 e. The molecular weight excluding hydrogens is 208 g/mol. The number of hydrogen-bond acceptors (Lipinski definition) is 4. The summed E-state index contributed by atoms with van der Waals surface area (Å²) in [4.78, 5) is 11.1. The van der Waals surface area contributed by atoms with E-state index < -0.39 is 11.4 Å². The fourth-order valence-electron chi connectivity index (χ4n) is 1.56. The zero-order valence-corrected chi connectivity index (χ0v) is 9.03. The van der Waals surface area contributed by atoms with Gasteiger partial charge >= 0.3 is 0 Å². The van der Waals surface area contributed by atoms with E-state index in [0.717, 1.165) is 5.56 Å². The Labute approximate surface area is 93.3 Å². The van der Waals surface area contributed by atoms with Crippen LogP contribution in [-0.4, -0.2) is 18.2 Å². The minimum absolute atomic E-state index is 0.231. The third-order valence-corrected chi connectivity index (χ3v) is 2.57. The lowest BCUT2D eigenvalue weighted by molar-refractivity contribution is -0.122. The average molecular weight is 222 g/mol. The maximum atomic E-state index is 11.1. The lowest BCUT2D eigenvalue weighted by Gasteiger charge is -2.20. The summed E-state index contributed by atoms with van der Waals surface area (Å²) in [5, 5.41) is 0. The van der Waals surface area contributed by atoms with Crippen molar-refractivity contribution >= 4 is 5.91 Å². The van der Waals surface area contributed by atoms with E-state index in [2.05, 4.69) is 0 Å². The predicted octanol–water partition coefficient (Wildman–Crippen LogP) is 0.160. The molecule has 5 heteroatoms. The van der Waals surface area contributed by atoms with Crippen LogP contribution in [-0.2, 0) is 11.2 Å². The first-order chi connectivity index (χ1) is 7.49. The summed E-state index contributed by atoms with van der Waals surface area (Å²) < 4.78 is 10.4. The molecule has 0 fully saturated rings. The molecule has 0 radical (unpaired) electrons. The number of ether oxygens (including phenoxy) is 2.